The number of hydrogen-bond donors (Lipinski definition) is 1. The van der Waals surface area contributed by atoms with Gasteiger partial charge in [-0.25, -0.2) is 4.39 Å². The van der Waals surface area contributed by atoms with E-state index >= 15 is 0 Å². The van der Waals surface area contributed by atoms with Gasteiger partial charge in [0, 0.05) is 32.7 Å². The fourth-order valence-corrected chi connectivity index (χ4v) is 3.67. The van der Waals surface area contributed by atoms with Crippen molar-refractivity contribution in [1.29, 1.82) is 0 Å². The Balaban J connectivity index is 0.00000341. The van der Waals surface area contributed by atoms with Gasteiger partial charge >= 0.3 is 0 Å². The molecule has 1 saturated heterocycles. The van der Waals surface area contributed by atoms with E-state index in [1.807, 2.05) is 18.2 Å². The van der Waals surface area contributed by atoms with Crippen LogP contribution in [0.25, 0.3) is 0 Å². The number of hydrogen-bond acceptors (Lipinski definition) is 3. The van der Waals surface area contributed by atoms with Crippen LogP contribution in [0, 0.1) is 11.7 Å². The zero-order chi connectivity index (χ0) is 21.2. The Kier molecular flexibility index (Phi) is 11.2. The number of rotatable bonds is 9. The standard InChI is InChI=1S/C24H32FN3O2.HI/c1-3-26-24(27-15-23(29-2)21-9-11-22(25)12-10-21)28-14-13-20(16-28)18-30-17-19-7-5-4-6-8-19;/h4-12,20,23H,3,13-18H2,1-2H3,(H,26,27);1H. The van der Waals surface area contributed by atoms with Crippen molar-refractivity contribution in [3.63, 3.8) is 0 Å². The average Bonchev–Trinajstić information content (AvgIpc) is 3.24. The molecular weight excluding hydrogens is 508 g/mol. The molecule has 1 N–H and O–H groups in total. The van der Waals surface area contributed by atoms with E-state index in [-0.39, 0.29) is 35.9 Å². The number of benzene rings is 2. The van der Waals surface area contributed by atoms with E-state index in [9.17, 15) is 4.39 Å². The molecule has 3 rings (SSSR count). The van der Waals surface area contributed by atoms with Crippen molar-refractivity contribution < 1.29 is 13.9 Å². The van der Waals surface area contributed by atoms with Crippen LogP contribution in [0.5, 0.6) is 0 Å². The molecule has 0 radical (unpaired) electrons. The van der Waals surface area contributed by atoms with Crippen molar-refractivity contribution in [2.45, 2.75) is 26.1 Å². The van der Waals surface area contributed by atoms with Crippen LogP contribution in [0.3, 0.4) is 0 Å². The lowest BCUT2D eigenvalue weighted by Gasteiger charge is -2.23. The first kappa shape index (κ1) is 25.5. The fourth-order valence-electron chi connectivity index (χ4n) is 3.67. The number of halogens is 2. The van der Waals surface area contributed by atoms with Crippen LogP contribution >= 0.6 is 24.0 Å². The molecule has 2 atom stereocenters. The summed E-state index contributed by atoms with van der Waals surface area (Å²) < 4.78 is 24.7. The van der Waals surface area contributed by atoms with E-state index in [2.05, 4.69) is 29.3 Å². The minimum absolute atomic E-state index is 0. The molecule has 0 amide bonds. The highest BCUT2D eigenvalue weighted by molar-refractivity contribution is 14.0. The molecule has 0 aliphatic carbocycles. The highest BCUT2D eigenvalue weighted by atomic mass is 127. The summed E-state index contributed by atoms with van der Waals surface area (Å²) in [6.07, 6.45) is 0.886. The van der Waals surface area contributed by atoms with E-state index in [1.54, 1.807) is 19.2 Å². The number of methoxy groups -OCH3 is 1. The zero-order valence-electron chi connectivity index (χ0n) is 18.3. The van der Waals surface area contributed by atoms with Gasteiger partial charge in [0.25, 0.3) is 0 Å². The minimum Gasteiger partial charge on any atom is -0.376 e. The Bertz CT molecular complexity index is 789. The second kappa shape index (κ2) is 13.6. The van der Waals surface area contributed by atoms with Gasteiger partial charge in [0.2, 0.25) is 0 Å². The molecule has 2 aromatic carbocycles. The molecule has 31 heavy (non-hydrogen) atoms. The van der Waals surface area contributed by atoms with Crippen LogP contribution in [0.15, 0.2) is 59.6 Å². The number of guanidine groups is 1. The Morgan fingerprint density at radius 1 is 1.19 bits per heavy atom. The maximum Gasteiger partial charge on any atom is 0.194 e. The van der Waals surface area contributed by atoms with Crippen molar-refractivity contribution in [3.8, 4) is 0 Å². The number of nitrogens with one attached hydrogen (secondary N) is 1. The maximum atomic E-state index is 13.2. The molecule has 170 valence electrons. The maximum absolute atomic E-state index is 13.2. The number of likely N-dealkylation sites (tertiary alicyclic amines) is 1. The van der Waals surface area contributed by atoms with Crippen LogP contribution in [0.2, 0.25) is 0 Å². The van der Waals surface area contributed by atoms with Gasteiger partial charge in [-0.15, -0.1) is 24.0 Å². The lowest BCUT2D eigenvalue weighted by atomic mass is 10.1. The first-order valence-electron chi connectivity index (χ1n) is 10.6. The Hall–Kier alpha value is -1.71. The van der Waals surface area contributed by atoms with Crippen LogP contribution in [0.4, 0.5) is 4.39 Å². The summed E-state index contributed by atoms with van der Waals surface area (Å²) in [4.78, 5) is 7.09. The number of aliphatic imine (C=N–C) groups is 1. The van der Waals surface area contributed by atoms with E-state index in [0.717, 1.165) is 44.2 Å². The first-order valence-corrected chi connectivity index (χ1v) is 10.6. The lowest BCUT2D eigenvalue weighted by Crippen LogP contribution is -2.40. The minimum atomic E-state index is -0.247. The number of ether oxygens (including phenoxy) is 2. The summed E-state index contributed by atoms with van der Waals surface area (Å²) in [5.41, 5.74) is 2.13. The molecule has 1 aliphatic rings. The molecule has 5 nitrogen and oxygen atoms in total. The van der Waals surface area contributed by atoms with Crippen molar-refractivity contribution >= 4 is 29.9 Å². The van der Waals surface area contributed by atoms with E-state index in [1.165, 1.54) is 17.7 Å². The van der Waals surface area contributed by atoms with Gasteiger partial charge in [0.05, 0.1) is 19.8 Å². The molecule has 0 saturated carbocycles. The molecule has 7 heteroatoms. The predicted molar refractivity (Wildman–Crippen MR) is 133 cm³/mol. The van der Waals surface area contributed by atoms with Crippen LogP contribution in [0.1, 0.15) is 30.6 Å². The van der Waals surface area contributed by atoms with Crippen molar-refractivity contribution in [3.05, 3.63) is 71.5 Å². The Labute approximate surface area is 202 Å². The fraction of sp³-hybridized carbons (Fsp3) is 0.458. The summed E-state index contributed by atoms with van der Waals surface area (Å²) in [6.45, 7) is 6.64. The monoisotopic (exact) mass is 541 g/mol. The van der Waals surface area contributed by atoms with E-state index in [4.69, 9.17) is 14.5 Å². The topological polar surface area (TPSA) is 46.1 Å². The van der Waals surface area contributed by atoms with Crippen LogP contribution < -0.4 is 5.32 Å². The second-order valence-electron chi connectivity index (χ2n) is 7.57. The summed E-state index contributed by atoms with van der Waals surface area (Å²) in [5.74, 6) is 1.14. The van der Waals surface area contributed by atoms with Crippen molar-refractivity contribution in [2.24, 2.45) is 10.9 Å². The molecule has 0 bridgehead atoms. The lowest BCUT2D eigenvalue weighted by molar-refractivity contribution is 0.0906. The van der Waals surface area contributed by atoms with Gasteiger partial charge < -0.3 is 19.7 Å². The van der Waals surface area contributed by atoms with Gasteiger partial charge in [-0.3, -0.25) is 4.99 Å². The molecule has 1 aliphatic heterocycles. The highest BCUT2D eigenvalue weighted by Crippen LogP contribution is 2.20. The van der Waals surface area contributed by atoms with E-state index in [0.29, 0.717) is 19.1 Å². The summed E-state index contributed by atoms with van der Waals surface area (Å²) in [6, 6.07) is 16.7. The zero-order valence-corrected chi connectivity index (χ0v) is 20.6. The third-order valence-electron chi connectivity index (χ3n) is 5.32. The smallest absolute Gasteiger partial charge is 0.194 e. The SMILES string of the molecule is CCNC(=NCC(OC)c1ccc(F)cc1)N1CCC(COCc2ccccc2)C1.I. The molecule has 1 heterocycles. The number of nitrogens with zero attached hydrogens (tertiary/aromatic N) is 2. The van der Waals surface area contributed by atoms with Crippen molar-refractivity contribution in [2.75, 3.05) is 39.9 Å². The Morgan fingerprint density at radius 2 is 1.94 bits per heavy atom. The largest absolute Gasteiger partial charge is 0.376 e. The first-order chi connectivity index (χ1) is 14.7. The highest BCUT2D eigenvalue weighted by Gasteiger charge is 2.25. The van der Waals surface area contributed by atoms with Gasteiger partial charge in [-0.05, 0) is 36.6 Å². The quantitative estimate of drug-likeness (QED) is 0.286. The molecule has 0 aromatic heterocycles. The third kappa shape index (κ3) is 8.05. The summed E-state index contributed by atoms with van der Waals surface area (Å²) >= 11 is 0. The van der Waals surface area contributed by atoms with Crippen LogP contribution in [-0.2, 0) is 16.1 Å². The Morgan fingerprint density at radius 3 is 2.61 bits per heavy atom. The normalized spacial score (nSPS) is 17.3. The average molecular weight is 541 g/mol. The summed E-state index contributed by atoms with van der Waals surface area (Å²) in [5, 5.41) is 3.39. The summed E-state index contributed by atoms with van der Waals surface area (Å²) in [7, 11) is 1.66. The third-order valence-corrected chi connectivity index (χ3v) is 5.32. The molecular formula is C24H33FIN3O2. The molecule has 1 fully saturated rings. The van der Waals surface area contributed by atoms with Gasteiger partial charge in [0.15, 0.2) is 5.96 Å². The molecule has 2 unspecified atom stereocenters. The molecule has 2 aromatic rings. The second-order valence-corrected chi connectivity index (χ2v) is 7.57. The van der Waals surface area contributed by atoms with Crippen molar-refractivity contribution in [1.82, 2.24) is 10.2 Å². The van der Waals surface area contributed by atoms with Gasteiger partial charge in [-0.1, -0.05) is 42.5 Å². The van der Waals surface area contributed by atoms with E-state index < -0.39 is 0 Å². The predicted octanol–water partition coefficient (Wildman–Crippen LogP) is 4.64. The van der Waals surface area contributed by atoms with Crippen LogP contribution in [-0.4, -0.2) is 50.8 Å². The molecule has 0 spiro atoms. The van der Waals surface area contributed by atoms with Gasteiger partial charge in [0.1, 0.15) is 11.9 Å². The van der Waals surface area contributed by atoms with Gasteiger partial charge in [-0.2, -0.15) is 0 Å².